The number of hydrogen-bond acceptors (Lipinski definition) is 4. The number of nitrogens with one attached hydrogen (secondary N) is 1. The Balaban J connectivity index is 1.70. The van der Waals surface area contributed by atoms with E-state index in [0.717, 1.165) is 29.3 Å². The number of ether oxygens (including phenoxy) is 1. The average molecular weight is 359 g/mol. The molecule has 1 N–H and O–H groups in total. The van der Waals surface area contributed by atoms with Crippen LogP contribution in [0.5, 0.6) is 0 Å². The van der Waals surface area contributed by atoms with E-state index in [9.17, 15) is 4.79 Å². The molecule has 0 radical (unpaired) electrons. The summed E-state index contributed by atoms with van der Waals surface area (Å²) in [5, 5.41) is 0.00487. The lowest BCUT2D eigenvalue weighted by atomic mass is 10.2. The summed E-state index contributed by atoms with van der Waals surface area (Å²) in [5.74, 6) is 1.91. The Kier molecular flexibility index (Phi) is 6.15. The van der Waals surface area contributed by atoms with Crippen molar-refractivity contribution < 1.29 is 9.53 Å². The van der Waals surface area contributed by atoms with Crippen LogP contribution in [0.1, 0.15) is 37.8 Å². The summed E-state index contributed by atoms with van der Waals surface area (Å²) < 4.78 is 5.61. The van der Waals surface area contributed by atoms with Crippen molar-refractivity contribution in [1.29, 1.82) is 0 Å². The van der Waals surface area contributed by atoms with Gasteiger partial charge in [0.05, 0.1) is 18.0 Å². The minimum atomic E-state index is 0.00487. The summed E-state index contributed by atoms with van der Waals surface area (Å²) in [6.07, 6.45) is 3.53. The summed E-state index contributed by atoms with van der Waals surface area (Å²) in [4.78, 5) is 22.3. The van der Waals surface area contributed by atoms with Gasteiger partial charge in [0.1, 0.15) is 11.2 Å². The fourth-order valence-electron chi connectivity index (χ4n) is 2.88. The number of benzene rings is 1. The third-order valence-electron chi connectivity index (χ3n) is 4.10. The summed E-state index contributed by atoms with van der Waals surface area (Å²) in [7, 11) is 0. The maximum Gasteiger partial charge on any atom is 0.224 e. The van der Waals surface area contributed by atoms with Gasteiger partial charge in [0.2, 0.25) is 5.91 Å². The molecule has 1 aliphatic heterocycles. The molecule has 1 aliphatic rings. The number of aromatic nitrogens is 2. The van der Waals surface area contributed by atoms with E-state index in [1.807, 2.05) is 55.3 Å². The molecule has 0 aliphatic carbocycles. The highest BCUT2D eigenvalue weighted by Gasteiger charge is 2.30. The molecule has 1 atom stereocenters. The molecule has 1 unspecified atom stereocenters. The van der Waals surface area contributed by atoms with Crippen molar-refractivity contribution >= 4 is 17.7 Å². The van der Waals surface area contributed by atoms with Gasteiger partial charge in [0, 0.05) is 30.9 Å². The molecule has 1 aromatic carbocycles. The van der Waals surface area contributed by atoms with Crippen molar-refractivity contribution in [3.8, 4) is 11.4 Å². The molecule has 0 bridgehead atoms. The summed E-state index contributed by atoms with van der Waals surface area (Å²) in [6, 6.07) is 10.0. The smallest absolute Gasteiger partial charge is 0.224 e. The van der Waals surface area contributed by atoms with Crippen molar-refractivity contribution in [2.75, 3.05) is 18.9 Å². The van der Waals surface area contributed by atoms with E-state index in [1.54, 1.807) is 11.8 Å². The number of rotatable bonds is 7. The second-order valence-corrected chi connectivity index (χ2v) is 7.57. The summed E-state index contributed by atoms with van der Waals surface area (Å²) >= 11 is 1.79. The van der Waals surface area contributed by atoms with Crippen LogP contribution in [0.15, 0.2) is 36.5 Å². The standard InChI is InChI=1S/C19H25N3O2S/c1-14(2)24-11-6-10-22-17(23)9-12-25-19(22)16-13-20-18(21-16)15-7-4-3-5-8-15/h3-5,7-8,13-14,19H,6,9-12H2,1-2H3,(H,20,21). The molecule has 1 aromatic heterocycles. The number of thioether (sulfide) groups is 1. The summed E-state index contributed by atoms with van der Waals surface area (Å²) in [6.45, 7) is 5.45. The van der Waals surface area contributed by atoms with Crippen LogP contribution >= 0.6 is 11.8 Å². The van der Waals surface area contributed by atoms with Gasteiger partial charge in [-0.1, -0.05) is 30.3 Å². The number of amides is 1. The van der Waals surface area contributed by atoms with Crippen LogP contribution in [0.2, 0.25) is 0 Å². The molecule has 134 valence electrons. The van der Waals surface area contributed by atoms with Crippen molar-refractivity contribution in [3.05, 3.63) is 42.2 Å². The Morgan fingerprint density at radius 3 is 2.92 bits per heavy atom. The summed E-state index contributed by atoms with van der Waals surface area (Å²) in [5.41, 5.74) is 2.04. The number of carbonyl (C=O) groups excluding carboxylic acids is 1. The quantitative estimate of drug-likeness (QED) is 0.763. The van der Waals surface area contributed by atoms with Crippen molar-refractivity contribution in [2.24, 2.45) is 0 Å². The lowest BCUT2D eigenvalue weighted by Gasteiger charge is -2.34. The molecule has 5 nitrogen and oxygen atoms in total. The van der Waals surface area contributed by atoms with Gasteiger partial charge >= 0.3 is 0 Å². The van der Waals surface area contributed by atoms with Crippen LogP contribution in [-0.2, 0) is 9.53 Å². The van der Waals surface area contributed by atoms with Gasteiger partial charge in [-0.25, -0.2) is 4.98 Å². The Hall–Kier alpha value is -1.79. The van der Waals surface area contributed by atoms with Crippen LogP contribution in [-0.4, -0.2) is 45.8 Å². The zero-order valence-electron chi connectivity index (χ0n) is 14.8. The maximum absolute atomic E-state index is 12.4. The number of H-pyrrole nitrogens is 1. The Morgan fingerprint density at radius 1 is 1.36 bits per heavy atom. The first-order valence-electron chi connectivity index (χ1n) is 8.78. The zero-order valence-corrected chi connectivity index (χ0v) is 15.6. The van der Waals surface area contributed by atoms with E-state index in [0.29, 0.717) is 19.6 Å². The highest BCUT2D eigenvalue weighted by atomic mass is 32.2. The molecule has 2 aromatic rings. The van der Waals surface area contributed by atoms with Crippen LogP contribution in [0.3, 0.4) is 0 Å². The van der Waals surface area contributed by atoms with Gasteiger partial charge in [0.25, 0.3) is 0 Å². The van der Waals surface area contributed by atoms with Gasteiger partial charge in [-0.15, -0.1) is 11.8 Å². The number of hydrogen-bond donors (Lipinski definition) is 1. The first kappa shape index (κ1) is 18.0. The van der Waals surface area contributed by atoms with E-state index in [1.165, 1.54) is 0 Å². The lowest BCUT2D eigenvalue weighted by molar-refractivity contribution is -0.132. The van der Waals surface area contributed by atoms with Crippen LogP contribution in [0, 0.1) is 0 Å². The van der Waals surface area contributed by atoms with Crippen LogP contribution in [0.25, 0.3) is 11.4 Å². The maximum atomic E-state index is 12.4. The van der Waals surface area contributed by atoms with E-state index in [-0.39, 0.29) is 17.4 Å². The average Bonchev–Trinajstić information content (AvgIpc) is 3.10. The van der Waals surface area contributed by atoms with Gasteiger partial charge in [0.15, 0.2) is 0 Å². The highest BCUT2D eigenvalue weighted by molar-refractivity contribution is 7.99. The van der Waals surface area contributed by atoms with Crippen LogP contribution < -0.4 is 0 Å². The predicted molar refractivity (Wildman–Crippen MR) is 101 cm³/mol. The molecule has 0 spiro atoms. The first-order valence-corrected chi connectivity index (χ1v) is 9.83. The Bertz CT molecular complexity index is 687. The minimum Gasteiger partial charge on any atom is -0.379 e. The van der Waals surface area contributed by atoms with Gasteiger partial charge in [-0.2, -0.15) is 0 Å². The molecule has 1 saturated heterocycles. The second kappa shape index (κ2) is 8.54. The first-order chi connectivity index (χ1) is 12.1. The number of carbonyl (C=O) groups is 1. The van der Waals surface area contributed by atoms with E-state index in [4.69, 9.17) is 4.74 Å². The van der Waals surface area contributed by atoms with E-state index < -0.39 is 0 Å². The van der Waals surface area contributed by atoms with Gasteiger partial charge in [-0.05, 0) is 20.3 Å². The third-order valence-corrected chi connectivity index (χ3v) is 5.36. The third kappa shape index (κ3) is 4.64. The van der Waals surface area contributed by atoms with E-state index in [2.05, 4.69) is 9.97 Å². The molecular weight excluding hydrogens is 334 g/mol. The minimum absolute atomic E-state index is 0.00487. The van der Waals surface area contributed by atoms with E-state index >= 15 is 0 Å². The largest absolute Gasteiger partial charge is 0.379 e. The topological polar surface area (TPSA) is 58.2 Å². The molecule has 1 fully saturated rings. The fourth-order valence-corrected chi connectivity index (χ4v) is 4.10. The number of nitrogens with zero attached hydrogens (tertiary/aromatic N) is 2. The van der Waals surface area contributed by atoms with Crippen molar-refractivity contribution in [2.45, 2.75) is 38.2 Å². The predicted octanol–water partition coefficient (Wildman–Crippen LogP) is 3.86. The van der Waals surface area contributed by atoms with Crippen molar-refractivity contribution in [3.63, 3.8) is 0 Å². The Labute approximate surface area is 153 Å². The van der Waals surface area contributed by atoms with Crippen molar-refractivity contribution in [1.82, 2.24) is 14.9 Å². The Morgan fingerprint density at radius 2 is 2.16 bits per heavy atom. The second-order valence-electron chi connectivity index (χ2n) is 6.39. The normalized spacial score (nSPS) is 18.1. The van der Waals surface area contributed by atoms with Gasteiger partial charge < -0.3 is 14.6 Å². The molecule has 0 saturated carbocycles. The molecule has 6 heteroatoms. The molecular formula is C19H25N3O2S. The zero-order chi connectivity index (χ0) is 17.6. The molecule has 1 amide bonds. The SMILES string of the molecule is CC(C)OCCCN1C(=O)CCSC1c1cnc(-c2ccccc2)[nH]1. The molecule has 2 heterocycles. The molecule has 3 rings (SSSR count). The van der Waals surface area contributed by atoms with Gasteiger partial charge in [-0.3, -0.25) is 4.79 Å². The number of aromatic amines is 1. The lowest BCUT2D eigenvalue weighted by Crippen LogP contribution is -2.38. The molecule has 25 heavy (non-hydrogen) atoms. The van der Waals surface area contributed by atoms with Crippen LogP contribution in [0.4, 0.5) is 0 Å². The highest BCUT2D eigenvalue weighted by Crippen LogP contribution is 2.37. The number of imidazole rings is 1. The monoisotopic (exact) mass is 359 g/mol. The fraction of sp³-hybridized carbons (Fsp3) is 0.474.